The summed E-state index contributed by atoms with van der Waals surface area (Å²) in [5.41, 5.74) is 3.05. The average molecular weight is 359 g/mol. The van der Waals surface area contributed by atoms with Gasteiger partial charge < -0.3 is 9.88 Å². The molecule has 1 saturated heterocycles. The summed E-state index contributed by atoms with van der Waals surface area (Å²) in [6, 6.07) is 16.1. The average Bonchev–Trinajstić information content (AvgIpc) is 3.43. The minimum Gasteiger partial charge on any atom is -0.340 e. The van der Waals surface area contributed by atoms with Gasteiger partial charge in [-0.05, 0) is 31.0 Å². The number of aryl methyl sites for hydroxylation is 1. The number of carbonyl (C=O) groups is 1. The van der Waals surface area contributed by atoms with Gasteiger partial charge in [0.15, 0.2) is 0 Å². The molecule has 0 unspecified atom stereocenters. The van der Waals surface area contributed by atoms with Gasteiger partial charge in [0.2, 0.25) is 5.91 Å². The zero-order chi connectivity index (χ0) is 18.2. The first-order valence-electron chi connectivity index (χ1n) is 9.44. The second-order valence-electron chi connectivity index (χ2n) is 7.06. The Hall–Kier alpha value is -3.15. The van der Waals surface area contributed by atoms with Crippen molar-refractivity contribution in [2.24, 2.45) is 0 Å². The van der Waals surface area contributed by atoms with E-state index in [-0.39, 0.29) is 11.9 Å². The monoisotopic (exact) mass is 359 g/mol. The lowest BCUT2D eigenvalue weighted by Gasteiger charge is -2.23. The maximum absolute atomic E-state index is 12.9. The van der Waals surface area contributed by atoms with Crippen molar-refractivity contribution in [3.8, 4) is 0 Å². The zero-order valence-corrected chi connectivity index (χ0v) is 15.0. The van der Waals surface area contributed by atoms with E-state index < -0.39 is 0 Å². The number of carbonyl (C=O) groups excluding carboxylic acids is 1. The van der Waals surface area contributed by atoms with Crippen LogP contribution in [0.2, 0.25) is 0 Å². The van der Waals surface area contributed by atoms with Gasteiger partial charge in [-0.3, -0.25) is 9.48 Å². The highest BCUT2D eigenvalue weighted by atomic mass is 16.2. The fourth-order valence-electron chi connectivity index (χ4n) is 4.03. The lowest BCUT2D eigenvalue weighted by atomic mass is 10.2. The van der Waals surface area contributed by atoms with E-state index in [1.165, 1.54) is 0 Å². The van der Waals surface area contributed by atoms with E-state index in [9.17, 15) is 4.79 Å². The normalized spacial score (nSPS) is 17.2. The summed E-state index contributed by atoms with van der Waals surface area (Å²) in [7, 11) is 0. The van der Waals surface area contributed by atoms with Crippen molar-refractivity contribution < 1.29 is 4.79 Å². The summed E-state index contributed by atoms with van der Waals surface area (Å²) in [6.07, 6.45) is 4.27. The maximum Gasteiger partial charge on any atom is 0.225 e. The van der Waals surface area contributed by atoms with Crippen molar-refractivity contribution in [3.63, 3.8) is 0 Å². The number of fused-ring (bicyclic) bond motifs is 2. The van der Waals surface area contributed by atoms with Crippen LogP contribution in [0.25, 0.3) is 21.9 Å². The van der Waals surface area contributed by atoms with Gasteiger partial charge in [-0.1, -0.05) is 30.3 Å². The van der Waals surface area contributed by atoms with Crippen LogP contribution in [0.4, 0.5) is 0 Å². The minimum absolute atomic E-state index is 0.0410. The number of nitrogens with one attached hydrogen (secondary N) is 1. The third-order valence-corrected chi connectivity index (χ3v) is 5.38. The van der Waals surface area contributed by atoms with Crippen molar-refractivity contribution >= 4 is 27.8 Å². The van der Waals surface area contributed by atoms with E-state index >= 15 is 0 Å². The Morgan fingerprint density at radius 2 is 2.00 bits per heavy atom. The van der Waals surface area contributed by atoms with Gasteiger partial charge in [-0.25, -0.2) is 4.98 Å². The van der Waals surface area contributed by atoms with Crippen LogP contribution in [0.5, 0.6) is 0 Å². The molecule has 1 aliphatic heterocycles. The summed E-state index contributed by atoms with van der Waals surface area (Å²) >= 11 is 0. The molecule has 0 radical (unpaired) electrons. The molecule has 1 atom stereocenters. The van der Waals surface area contributed by atoms with E-state index in [1.807, 2.05) is 64.3 Å². The first-order chi connectivity index (χ1) is 13.3. The standard InChI is InChI=1S/C21H21N5O/c27-20(11-13-26-18-9-4-1-6-15(18)14-22-26)25-12-5-10-19(25)21-23-16-7-2-3-8-17(16)24-21/h1-4,6-9,14,19H,5,10-13H2,(H,23,24)/t19-/m1/s1. The fraction of sp³-hybridized carbons (Fsp3) is 0.286. The van der Waals surface area contributed by atoms with Crippen molar-refractivity contribution in [2.75, 3.05) is 6.54 Å². The predicted molar refractivity (Wildman–Crippen MR) is 104 cm³/mol. The lowest BCUT2D eigenvalue weighted by Crippen LogP contribution is -2.31. The second kappa shape index (κ2) is 6.54. The SMILES string of the molecule is O=C(CCn1ncc2ccccc21)N1CCC[C@@H]1c1nc2ccccc2[nH]1. The van der Waals surface area contributed by atoms with Gasteiger partial charge in [-0.2, -0.15) is 5.10 Å². The molecule has 5 rings (SSSR count). The number of aromatic nitrogens is 4. The molecule has 1 amide bonds. The molecule has 1 aliphatic rings. The largest absolute Gasteiger partial charge is 0.340 e. The Balaban J connectivity index is 1.33. The second-order valence-corrected chi connectivity index (χ2v) is 7.06. The van der Waals surface area contributed by atoms with Gasteiger partial charge in [0, 0.05) is 18.4 Å². The summed E-state index contributed by atoms with van der Waals surface area (Å²) in [4.78, 5) is 23.0. The highest BCUT2D eigenvalue weighted by Gasteiger charge is 2.31. The molecule has 0 bridgehead atoms. The van der Waals surface area contributed by atoms with Gasteiger partial charge >= 0.3 is 0 Å². The predicted octanol–water partition coefficient (Wildman–Crippen LogP) is 3.67. The molecule has 0 aliphatic carbocycles. The number of benzene rings is 2. The van der Waals surface area contributed by atoms with Crippen LogP contribution in [-0.4, -0.2) is 37.1 Å². The van der Waals surface area contributed by atoms with Crippen LogP contribution in [0.15, 0.2) is 54.7 Å². The number of nitrogens with zero attached hydrogens (tertiary/aromatic N) is 4. The first kappa shape index (κ1) is 16.1. The molecule has 2 aromatic carbocycles. The molecule has 0 spiro atoms. The Morgan fingerprint density at radius 3 is 2.93 bits per heavy atom. The third-order valence-electron chi connectivity index (χ3n) is 5.38. The van der Waals surface area contributed by atoms with E-state index in [1.54, 1.807) is 0 Å². The summed E-state index contributed by atoms with van der Waals surface area (Å²) in [5, 5.41) is 5.53. The number of amides is 1. The molecular formula is C21H21N5O. The number of hydrogen-bond acceptors (Lipinski definition) is 3. The molecule has 6 nitrogen and oxygen atoms in total. The molecule has 1 N–H and O–H groups in total. The number of aromatic amines is 1. The Labute approximate surface area is 156 Å². The Kier molecular flexibility index (Phi) is 3.89. The molecule has 4 aromatic rings. The first-order valence-corrected chi connectivity index (χ1v) is 9.44. The number of imidazole rings is 1. The Morgan fingerprint density at radius 1 is 1.15 bits per heavy atom. The Bertz CT molecular complexity index is 1080. The van der Waals surface area contributed by atoms with Crippen LogP contribution in [0.3, 0.4) is 0 Å². The zero-order valence-electron chi connectivity index (χ0n) is 15.0. The van der Waals surface area contributed by atoms with Crippen molar-refractivity contribution in [1.82, 2.24) is 24.6 Å². The number of rotatable bonds is 4. The van der Waals surface area contributed by atoms with Crippen LogP contribution in [0.1, 0.15) is 31.1 Å². The molecule has 0 saturated carbocycles. The smallest absolute Gasteiger partial charge is 0.225 e. The number of para-hydroxylation sites is 3. The van der Waals surface area contributed by atoms with Crippen LogP contribution >= 0.6 is 0 Å². The van der Waals surface area contributed by atoms with Crippen molar-refractivity contribution in [3.05, 3.63) is 60.6 Å². The highest BCUT2D eigenvalue weighted by molar-refractivity contribution is 5.80. The molecule has 2 aromatic heterocycles. The van der Waals surface area contributed by atoms with E-state index in [2.05, 4.69) is 10.1 Å². The molecule has 27 heavy (non-hydrogen) atoms. The summed E-state index contributed by atoms with van der Waals surface area (Å²) in [5.74, 6) is 1.06. The molecule has 136 valence electrons. The number of likely N-dealkylation sites (tertiary alicyclic amines) is 1. The van der Waals surface area contributed by atoms with E-state index in [0.717, 1.165) is 47.1 Å². The molecule has 3 heterocycles. The maximum atomic E-state index is 12.9. The van der Waals surface area contributed by atoms with Crippen molar-refractivity contribution in [1.29, 1.82) is 0 Å². The molecule has 1 fully saturated rings. The number of H-pyrrole nitrogens is 1. The summed E-state index contributed by atoms with van der Waals surface area (Å²) < 4.78 is 1.92. The fourth-order valence-corrected chi connectivity index (χ4v) is 4.03. The lowest BCUT2D eigenvalue weighted by molar-refractivity contribution is -0.132. The van der Waals surface area contributed by atoms with Crippen molar-refractivity contribution in [2.45, 2.75) is 31.8 Å². The number of hydrogen-bond donors (Lipinski definition) is 1. The van der Waals surface area contributed by atoms with E-state index in [4.69, 9.17) is 4.98 Å². The molecule has 6 heteroatoms. The van der Waals surface area contributed by atoms with Crippen LogP contribution in [-0.2, 0) is 11.3 Å². The van der Waals surface area contributed by atoms with Gasteiger partial charge in [0.05, 0.1) is 35.3 Å². The third kappa shape index (κ3) is 2.87. The highest BCUT2D eigenvalue weighted by Crippen LogP contribution is 2.32. The summed E-state index contributed by atoms with van der Waals surface area (Å²) in [6.45, 7) is 1.39. The van der Waals surface area contributed by atoms with Gasteiger partial charge in [0.25, 0.3) is 0 Å². The quantitative estimate of drug-likeness (QED) is 0.605. The van der Waals surface area contributed by atoms with E-state index in [0.29, 0.717) is 13.0 Å². The topological polar surface area (TPSA) is 66.8 Å². The van der Waals surface area contributed by atoms with Gasteiger partial charge in [-0.15, -0.1) is 0 Å². The van der Waals surface area contributed by atoms with Gasteiger partial charge in [0.1, 0.15) is 5.82 Å². The van der Waals surface area contributed by atoms with Crippen LogP contribution < -0.4 is 0 Å². The van der Waals surface area contributed by atoms with Crippen LogP contribution in [0, 0.1) is 0 Å². The minimum atomic E-state index is 0.0410. The molecular weight excluding hydrogens is 338 g/mol.